The Morgan fingerprint density at radius 1 is 1.20 bits per heavy atom. The SMILES string of the molecule is CN(C)CCCOc1cc(/C(N)=N/O)cc(N2CCN(C(=O)OC(C)(C)C)CC2)c1. The minimum absolute atomic E-state index is 0.0300. The van der Waals surface area contributed by atoms with Crippen LogP contribution >= 0.6 is 0 Å². The van der Waals surface area contributed by atoms with E-state index in [1.807, 2.05) is 47.0 Å². The molecule has 0 spiro atoms. The summed E-state index contributed by atoms with van der Waals surface area (Å²) in [5, 5.41) is 12.2. The standard InChI is InChI=1S/C21H35N5O4/c1-21(2,3)30-20(27)26-10-8-25(9-11-26)17-13-16(19(22)23-28)14-18(15-17)29-12-6-7-24(4)5/h13-15,28H,6-12H2,1-5H3,(H2,22,23). The average Bonchev–Trinajstić information content (AvgIpc) is 2.69. The molecule has 0 bridgehead atoms. The molecule has 1 saturated heterocycles. The molecule has 2 rings (SSSR count). The molecule has 30 heavy (non-hydrogen) atoms. The first-order chi connectivity index (χ1) is 14.1. The van der Waals surface area contributed by atoms with Gasteiger partial charge in [0.2, 0.25) is 0 Å². The van der Waals surface area contributed by atoms with Crippen LogP contribution in [0.1, 0.15) is 32.8 Å². The number of carbonyl (C=O) groups excluding carboxylic acids is 1. The van der Waals surface area contributed by atoms with Gasteiger partial charge in [-0.05, 0) is 53.4 Å². The second kappa shape index (κ2) is 10.4. The van der Waals surface area contributed by atoms with Crippen LogP contribution in [0.3, 0.4) is 0 Å². The van der Waals surface area contributed by atoms with E-state index in [0.717, 1.165) is 18.7 Å². The number of piperazine rings is 1. The molecule has 1 heterocycles. The third kappa shape index (κ3) is 7.29. The number of anilines is 1. The first kappa shape index (κ1) is 23.6. The Bertz CT molecular complexity index is 737. The number of amidine groups is 1. The summed E-state index contributed by atoms with van der Waals surface area (Å²) in [5.41, 5.74) is 6.81. The van der Waals surface area contributed by atoms with Gasteiger partial charge in [0.05, 0.1) is 6.61 Å². The zero-order chi connectivity index (χ0) is 22.3. The quantitative estimate of drug-likeness (QED) is 0.229. The van der Waals surface area contributed by atoms with E-state index in [9.17, 15) is 4.79 Å². The summed E-state index contributed by atoms with van der Waals surface area (Å²) >= 11 is 0. The molecule has 168 valence electrons. The van der Waals surface area contributed by atoms with Gasteiger partial charge in [-0.3, -0.25) is 0 Å². The molecule has 0 unspecified atom stereocenters. The van der Waals surface area contributed by atoms with Crippen molar-refractivity contribution in [1.29, 1.82) is 0 Å². The van der Waals surface area contributed by atoms with E-state index in [2.05, 4.69) is 15.0 Å². The Kier molecular flexibility index (Phi) is 8.16. The molecule has 1 aromatic rings. The van der Waals surface area contributed by atoms with Crippen LogP contribution in [0.25, 0.3) is 0 Å². The number of rotatable bonds is 7. The zero-order valence-corrected chi connectivity index (χ0v) is 18.7. The van der Waals surface area contributed by atoms with Gasteiger partial charge < -0.3 is 35.1 Å². The largest absolute Gasteiger partial charge is 0.493 e. The monoisotopic (exact) mass is 421 g/mol. The molecule has 1 aliphatic rings. The van der Waals surface area contributed by atoms with Crippen LogP contribution in [-0.4, -0.2) is 86.0 Å². The molecule has 0 aliphatic carbocycles. The Balaban J connectivity index is 2.07. The lowest BCUT2D eigenvalue weighted by Gasteiger charge is -2.37. The maximum atomic E-state index is 12.3. The van der Waals surface area contributed by atoms with Crippen molar-refractivity contribution in [3.8, 4) is 5.75 Å². The van der Waals surface area contributed by atoms with Gasteiger partial charge in [0.15, 0.2) is 5.84 Å². The van der Waals surface area contributed by atoms with E-state index in [1.165, 1.54) is 0 Å². The number of nitrogens with two attached hydrogens (primary N) is 1. The van der Waals surface area contributed by atoms with Crippen LogP contribution in [0, 0.1) is 0 Å². The van der Waals surface area contributed by atoms with Gasteiger partial charge in [-0.15, -0.1) is 0 Å². The summed E-state index contributed by atoms with van der Waals surface area (Å²) in [6, 6.07) is 5.59. The maximum Gasteiger partial charge on any atom is 0.410 e. The van der Waals surface area contributed by atoms with Crippen LogP contribution in [0.15, 0.2) is 23.4 Å². The predicted octanol–water partition coefficient (Wildman–Crippen LogP) is 2.17. The zero-order valence-electron chi connectivity index (χ0n) is 18.7. The summed E-state index contributed by atoms with van der Waals surface area (Å²) in [4.78, 5) is 18.3. The summed E-state index contributed by atoms with van der Waals surface area (Å²) in [5.74, 6) is 0.699. The first-order valence-electron chi connectivity index (χ1n) is 10.2. The Morgan fingerprint density at radius 3 is 2.43 bits per heavy atom. The number of oxime groups is 1. The lowest BCUT2D eigenvalue weighted by molar-refractivity contribution is 0.0240. The van der Waals surface area contributed by atoms with Gasteiger partial charge in [-0.1, -0.05) is 5.16 Å². The summed E-state index contributed by atoms with van der Waals surface area (Å²) in [7, 11) is 4.04. The minimum Gasteiger partial charge on any atom is -0.493 e. The van der Waals surface area contributed by atoms with Crippen LogP contribution in [0.4, 0.5) is 10.5 Å². The third-order valence-corrected chi connectivity index (χ3v) is 4.61. The molecule has 1 amide bonds. The van der Waals surface area contributed by atoms with Gasteiger partial charge in [0.1, 0.15) is 11.4 Å². The molecule has 1 aliphatic heterocycles. The number of hydrogen-bond acceptors (Lipinski definition) is 7. The van der Waals surface area contributed by atoms with Crippen molar-refractivity contribution in [2.45, 2.75) is 32.8 Å². The van der Waals surface area contributed by atoms with Crippen molar-refractivity contribution in [2.24, 2.45) is 10.9 Å². The van der Waals surface area contributed by atoms with Crippen molar-refractivity contribution in [1.82, 2.24) is 9.80 Å². The van der Waals surface area contributed by atoms with E-state index >= 15 is 0 Å². The number of ether oxygens (including phenoxy) is 2. The van der Waals surface area contributed by atoms with E-state index in [0.29, 0.717) is 44.1 Å². The van der Waals surface area contributed by atoms with E-state index in [1.54, 1.807) is 11.0 Å². The molecule has 9 nitrogen and oxygen atoms in total. The van der Waals surface area contributed by atoms with Gasteiger partial charge in [0, 0.05) is 50.0 Å². The molecule has 0 atom stereocenters. The Labute approximate surface area is 179 Å². The molecule has 3 N–H and O–H groups in total. The number of amides is 1. The third-order valence-electron chi connectivity index (χ3n) is 4.61. The normalized spacial score (nSPS) is 15.5. The molecule has 0 saturated carbocycles. The lowest BCUT2D eigenvalue weighted by Crippen LogP contribution is -2.50. The van der Waals surface area contributed by atoms with Gasteiger partial charge in [-0.2, -0.15) is 0 Å². The molecule has 1 fully saturated rings. The van der Waals surface area contributed by atoms with Crippen molar-refractivity contribution in [3.63, 3.8) is 0 Å². The fourth-order valence-corrected chi connectivity index (χ4v) is 3.10. The summed E-state index contributed by atoms with van der Waals surface area (Å²) in [6.07, 6.45) is 0.600. The molecule has 1 aromatic carbocycles. The highest BCUT2D eigenvalue weighted by Gasteiger charge is 2.26. The van der Waals surface area contributed by atoms with E-state index in [4.69, 9.17) is 20.4 Å². The summed E-state index contributed by atoms with van der Waals surface area (Å²) < 4.78 is 11.4. The Morgan fingerprint density at radius 2 is 1.87 bits per heavy atom. The second-order valence-electron chi connectivity index (χ2n) is 8.66. The number of carbonyl (C=O) groups is 1. The van der Waals surface area contributed by atoms with Crippen LogP contribution in [-0.2, 0) is 4.74 Å². The highest BCUT2D eigenvalue weighted by molar-refractivity contribution is 5.98. The fraction of sp³-hybridized carbons (Fsp3) is 0.619. The molecular weight excluding hydrogens is 386 g/mol. The molecule has 9 heteroatoms. The number of nitrogens with zero attached hydrogens (tertiary/aromatic N) is 4. The fourth-order valence-electron chi connectivity index (χ4n) is 3.10. The molecule has 0 aromatic heterocycles. The van der Waals surface area contributed by atoms with Crippen LogP contribution < -0.4 is 15.4 Å². The molecular formula is C21H35N5O4. The number of benzene rings is 1. The van der Waals surface area contributed by atoms with Crippen LogP contribution in [0.2, 0.25) is 0 Å². The Hall–Kier alpha value is -2.68. The highest BCUT2D eigenvalue weighted by Crippen LogP contribution is 2.26. The highest BCUT2D eigenvalue weighted by atomic mass is 16.6. The first-order valence-corrected chi connectivity index (χ1v) is 10.2. The van der Waals surface area contributed by atoms with Gasteiger partial charge in [0.25, 0.3) is 0 Å². The van der Waals surface area contributed by atoms with Crippen molar-refractivity contribution in [2.75, 3.05) is 58.3 Å². The van der Waals surface area contributed by atoms with E-state index in [-0.39, 0.29) is 11.9 Å². The van der Waals surface area contributed by atoms with Crippen molar-refractivity contribution >= 4 is 17.6 Å². The van der Waals surface area contributed by atoms with Crippen molar-refractivity contribution in [3.05, 3.63) is 23.8 Å². The maximum absolute atomic E-state index is 12.3. The number of hydrogen-bond donors (Lipinski definition) is 2. The molecule has 0 radical (unpaired) electrons. The smallest absolute Gasteiger partial charge is 0.410 e. The average molecular weight is 422 g/mol. The topological polar surface area (TPSA) is 104 Å². The second-order valence-corrected chi connectivity index (χ2v) is 8.66. The lowest BCUT2D eigenvalue weighted by atomic mass is 10.1. The van der Waals surface area contributed by atoms with Gasteiger partial charge in [-0.25, -0.2) is 4.79 Å². The predicted molar refractivity (Wildman–Crippen MR) is 118 cm³/mol. The van der Waals surface area contributed by atoms with E-state index < -0.39 is 5.60 Å². The van der Waals surface area contributed by atoms with Crippen molar-refractivity contribution < 1.29 is 19.5 Å². The van der Waals surface area contributed by atoms with Gasteiger partial charge >= 0.3 is 6.09 Å². The summed E-state index contributed by atoms with van der Waals surface area (Å²) in [6.45, 7) is 9.50. The van der Waals surface area contributed by atoms with Crippen LogP contribution in [0.5, 0.6) is 5.75 Å². The minimum atomic E-state index is -0.511.